The summed E-state index contributed by atoms with van der Waals surface area (Å²) in [4.78, 5) is 11.6. The van der Waals surface area contributed by atoms with Crippen molar-refractivity contribution >= 4 is 11.8 Å². The number of nitrogens with zero attached hydrogens (tertiary/aromatic N) is 3. The van der Waals surface area contributed by atoms with E-state index < -0.39 is 0 Å². The minimum atomic E-state index is -0.0336. The number of thioether (sulfide) groups is 1. The van der Waals surface area contributed by atoms with Crippen LogP contribution in [-0.4, -0.2) is 21.4 Å². The molecule has 124 valence electrons. The van der Waals surface area contributed by atoms with Crippen LogP contribution in [0.4, 0.5) is 0 Å². The molecule has 7 heteroatoms. The van der Waals surface area contributed by atoms with Gasteiger partial charge in [0.25, 0.3) is 10.8 Å². The van der Waals surface area contributed by atoms with Crippen LogP contribution in [0.1, 0.15) is 12.5 Å². The first-order chi connectivity index (χ1) is 11.7. The van der Waals surface area contributed by atoms with Gasteiger partial charge in [0.2, 0.25) is 5.89 Å². The van der Waals surface area contributed by atoms with Crippen LogP contribution in [0.25, 0.3) is 11.5 Å². The zero-order valence-electron chi connectivity index (χ0n) is 13.4. The zero-order valence-corrected chi connectivity index (χ0v) is 14.2. The Morgan fingerprint density at radius 2 is 2.00 bits per heavy atom. The first-order valence-electron chi connectivity index (χ1n) is 7.51. The highest BCUT2D eigenvalue weighted by Crippen LogP contribution is 2.26. The van der Waals surface area contributed by atoms with Crippen molar-refractivity contribution in [3.63, 3.8) is 0 Å². The molecule has 0 aliphatic heterocycles. The Hall–Kier alpha value is -2.54. The molecule has 0 radical (unpaired) electrons. The van der Waals surface area contributed by atoms with Crippen LogP contribution in [0.15, 0.2) is 57.0 Å². The van der Waals surface area contributed by atoms with Crippen LogP contribution in [0.3, 0.4) is 0 Å². The van der Waals surface area contributed by atoms with E-state index in [9.17, 15) is 4.79 Å². The molecule has 0 atom stereocenters. The summed E-state index contributed by atoms with van der Waals surface area (Å²) in [6, 6.07) is 11.0. The van der Waals surface area contributed by atoms with Crippen LogP contribution < -0.4 is 10.3 Å². The first-order valence-corrected chi connectivity index (χ1v) is 8.49. The van der Waals surface area contributed by atoms with Gasteiger partial charge >= 0.3 is 0 Å². The summed E-state index contributed by atoms with van der Waals surface area (Å²) >= 11 is 1.40. The highest BCUT2D eigenvalue weighted by Gasteiger charge is 2.10. The minimum absolute atomic E-state index is 0.0336. The molecule has 0 fully saturated rings. The van der Waals surface area contributed by atoms with Crippen molar-refractivity contribution in [2.24, 2.45) is 7.05 Å². The molecule has 6 nitrogen and oxygen atoms in total. The molecule has 0 spiro atoms. The maximum atomic E-state index is 11.6. The van der Waals surface area contributed by atoms with Gasteiger partial charge in [-0.3, -0.25) is 4.79 Å². The van der Waals surface area contributed by atoms with Crippen LogP contribution in [-0.2, 0) is 12.8 Å². The first kappa shape index (κ1) is 16.3. The molecular weight excluding hydrogens is 326 g/mol. The number of pyridine rings is 1. The van der Waals surface area contributed by atoms with Gasteiger partial charge in [-0.1, -0.05) is 11.8 Å². The SMILES string of the molecule is CCOc1ccc(-c2nnc(SCc3ccn(C)c(=O)c3)o2)cc1. The molecular formula is C17H17N3O3S. The van der Waals surface area contributed by atoms with Crippen molar-refractivity contribution in [1.82, 2.24) is 14.8 Å². The quantitative estimate of drug-likeness (QED) is 0.641. The maximum absolute atomic E-state index is 11.6. The maximum Gasteiger partial charge on any atom is 0.277 e. The van der Waals surface area contributed by atoms with E-state index in [1.807, 2.05) is 37.3 Å². The van der Waals surface area contributed by atoms with Gasteiger partial charge in [0.1, 0.15) is 5.75 Å². The van der Waals surface area contributed by atoms with E-state index in [0.717, 1.165) is 16.9 Å². The lowest BCUT2D eigenvalue weighted by molar-refractivity contribution is 0.340. The summed E-state index contributed by atoms with van der Waals surface area (Å²) in [5, 5.41) is 8.57. The molecule has 0 aliphatic carbocycles. The van der Waals surface area contributed by atoms with Gasteiger partial charge in [-0.25, -0.2) is 0 Å². The summed E-state index contributed by atoms with van der Waals surface area (Å²) in [7, 11) is 1.72. The topological polar surface area (TPSA) is 70.2 Å². The average molecular weight is 343 g/mol. The smallest absolute Gasteiger partial charge is 0.277 e. The Morgan fingerprint density at radius 1 is 1.21 bits per heavy atom. The second-order valence-corrected chi connectivity index (χ2v) is 6.03. The van der Waals surface area contributed by atoms with Crippen molar-refractivity contribution in [3.8, 4) is 17.2 Å². The number of hydrogen-bond acceptors (Lipinski definition) is 6. The van der Waals surface area contributed by atoms with Gasteiger partial charge < -0.3 is 13.7 Å². The van der Waals surface area contributed by atoms with Crippen molar-refractivity contribution in [3.05, 3.63) is 58.5 Å². The Bertz CT molecular complexity index is 871. The van der Waals surface area contributed by atoms with E-state index in [4.69, 9.17) is 9.15 Å². The van der Waals surface area contributed by atoms with Crippen LogP contribution in [0, 0.1) is 0 Å². The van der Waals surface area contributed by atoms with Crippen molar-refractivity contribution in [2.45, 2.75) is 17.9 Å². The number of aryl methyl sites for hydroxylation is 1. The van der Waals surface area contributed by atoms with Crippen LogP contribution >= 0.6 is 11.8 Å². The molecule has 2 heterocycles. The fourth-order valence-electron chi connectivity index (χ4n) is 2.07. The number of hydrogen-bond donors (Lipinski definition) is 0. The van der Waals surface area contributed by atoms with Gasteiger partial charge in [0.05, 0.1) is 6.61 Å². The normalized spacial score (nSPS) is 10.8. The lowest BCUT2D eigenvalue weighted by Crippen LogP contribution is -2.14. The molecule has 24 heavy (non-hydrogen) atoms. The third-order valence-electron chi connectivity index (χ3n) is 3.35. The van der Waals surface area contributed by atoms with Gasteiger partial charge in [-0.05, 0) is 42.8 Å². The fourth-order valence-corrected chi connectivity index (χ4v) is 2.78. The molecule has 3 aromatic rings. The van der Waals surface area contributed by atoms with Gasteiger partial charge in [-0.2, -0.15) is 0 Å². The van der Waals surface area contributed by atoms with E-state index >= 15 is 0 Å². The largest absolute Gasteiger partial charge is 0.494 e. The van der Waals surface area contributed by atoms with E-state index in [0.29, 0.717) is 23.5 Å². The zero-order chi connectivity index (χ0) is 16.9. The number of rotatable bonds is 6. The standard InChI is InChI=1S/C17H17N3O3S/c1-3-22-14-6-4-13(5-7-14)16-18-19-17(23-16)24-11-12-8-9-20(2)15(21)10-12/h4-10H,3,11H2,1-2H3. The third kappa shape index (κ3) is 3.86. The highest BCUT2D eigenvalue weighted by molar-refractivity contribution is 7.98. The Labute approximate surface area is 143 Å². The molecule has 0 amide bonds. The summed E-state index contributed by atoms with van der Waals surface area (Å²) in [6.07, 6.45) is 1.75. The summed E-state index contributed by atoms with van der Waals surface area (Å²) in [5.74, 6) is 1.87. The van der Waals surface area contributed by atoms with Gasteiger partial charge in [0.15, 0.2) is 0 Å². The fraction of sp³-hybridized carbons (Fsp3) is 0.235. The van der Waals surface area contributed by atoms with E-state index in [1.54, 1.807) is 19.3 Å². The van der Waals surface area contributed by atoms with E-state index in [-0.39, 0.29) is 5.56 Å². The van der Waals surface area contributed by atoms with Gasteiger partial charge in [-0.15, -0.1) is 10.2 Å². The molecule has 0 bridgehead atoms. The summed E-state index contributed by atoms with van der Waals surface area (Å²) in [6.45, 7) is 2.57. The van der Waals surface area contributed by atoms with E-state index in [2.05, 4.69) is 10.2 Å². The molecule has 2 aromatic heterocycles. The molecule has 1 aromatic carbocycles. The highest BCUT2D eigenvalue weighted by atomic mass is 32.2. The molecule has 0 N–H and O–H groups in total. The lowest BCUT2D eigenvalue weighted by Gasteiger charge is -2.02. The molecule has 0 aliphatic rings. The average Bonchev–Trinajstić information content (AvgIpc) is 3.06. The lowest BCUT2D eigenvalue weighted by atomic mass is 10.2. The molecule has 0 saturated carbocycles. The van der Waals surface area contributed by atoms with Gasteiger partial charge in [0, 0.05) is 30.6 Å². The van der Waals surface area contributed by atoms with Crippen LogP contribution in [0.5, 0.6) is 5.75 Å². The Balaban J connectivity index is 1.66. The monoisotopic (exact) mass is 343 g/mol. The second kappa shape index (κ2) is 7.35. The minimum Gasteiger partial charge on any atom is -0.494 e. The summed E-state index contributed by atoms with van der Waals surface area (Å²) < 4.78 is 12.6. The second-order valence-electron chi connectivity index (χ2n) is 5.10. The predicted octanol–water partition coefficient (Wildman–Crippen LogP) is 3.13. The molecule has 3 rings (SSSR count). The van der Waals surface area contributed by atoms with Crippen molar-refractivity contribution < 1.29 is 9.15 Å². The Kier molecular flexibility index (Phi) is 5.00. The van der Waals surface area contributed by atoms with Crippen LogP contribution in [0.2, 0.25) is 0 Å². The van der Waals surface area contributed by atoms with Crippen molar-refractivity contribution in [2.75, 3.05) is 6.61 Å². The predicted molar refractivity (Wildman–Crippen MR) is 92.1 cm³/mol. The Morgan fingerprint density at radius 3 is 2.71 bits per heavy atom. The molecule has 0 saturated heterocycles. The number of benzene rings is 1. The summed E-state index contributed by atoms with van der Waals surface area (Å²) in [5.41, 5.74) is 1.73. The number of aromatic nitrogens is 3. The third-order valence-corrected chi connectivity index (χ3v) is 4.24. The van der Waals surface area contributed by atoms with Crippen molar-refractivity contribution in [1.29, 1.82) is 0 Å². The number of ether oxygens (including phenoxy) is 1. The van der Waals surface area contributed by atoms with E-state index in [1.165, 1.54) is 16.3 Å². The molecule has 0 unspecified atom stereocenters.